The second kappa shape index (κ2) is 11.3. The third-order valence-corrected chi connectivity index (χ3v) is 7.40. The van der Waals surface area contributed by atoms with E-state index in [4.69, 9.17) is 9.73 Å². The first-order chi connectivity index (χ1) is 14.5. The predicted octanol–water partition coefficient (Wildman–Crippen LogP) is 3.40. The molecule has 3 rings (SSSR count). The molecule has 1 atom stereocenters. The Morgan fingerprint density at radius 3 is 2.70 bits per heavy atom. The SMILES string of the molecule is CCNC(=NCC1(SC)CCOCC1)NC1CCCN(Cc2c(F)cccc2F)C1. The van der Waals surface area contributed by atoms with Crippen LogP contribution in [0.15, 0.2) is 23.2 Å². The van der Waals surface area contributed by atoms with E-state index in [1.165, 1.54) is 18.2 Å². The number of nitrogens with one attached hydrogen (secondary N) is 2. The lowest BCUT2D eigenvalue weighted by Crippen LogP contribution is -2.51. The first-order valence-electron chi connectivity index (χ1n) is 10.9. The minimum absolute atomic E-state index is 0.140. The summed E-state index contributed by atoms with van der Waals surface area (Å²) in [6.07, 6.45) is 6.19. The van der Waals surface area contributed by atoms with Gasteiger partial charge in [0, 0.05) is 49.2 Å². The molecule has 0 radical (unpaired) electrons. The molecule has 0 aromatic heterocycles. The second-order valence-corrected chi connectivity index (χ2v) is 9.39. The van der Waals surface area contributed by atoms with E-state index >= 15 is 0 Å². The molecule has 1 aromatic carbocycles. The number of likely N-dealkylation sites (tertiary alicyclic amines) is 1. The van der Waals surface area contributed by atoms with E-state index in [1.807, 2.05) is 11.8 Å². The van der Waals surface area contributed by atoms with E-state index in [1.54, 1.807) is 0 Å². The summed E-state index contributed by atoms with van der Waals surface area (Å²) in [5, 5.41) is 6.91. The van der Waals surface area contributed by atoms with Crippen LogP contribution >= 0.6 is 11.8 Å². The van der Waals surface area contributed by atoms with Gasteiger partial charge in [-0.05, 0) is 57.5 Å². The van der Waals surface area contributed by atoms with Gasteiger partial charge in [-0.15, -0.1) is 0 Å². The first-order valence-corrected chi connectivity index (χ1v) is 12.1. The minimum atomic E-state index is -0.473. The summed E-state index contributed by atoms with van der Waals surface area (Å²) in [5.74, 6) is -0.126. The fourth-order valence-electron chi connectivity index (χ4n) is 4.13. The number of ether oxygens (including phenoxy) is 1. The molecule has 0 bridgehead atoms. The first kappa shape index (κ1) is 23.3. The molecule has 8 heteroatoms. The van der Waals surface area contributed by atoms with E-state index in [9.17, 15) is 8.78 Å². The number of piperidine rings is 1. The summed E-state index contributed by atoms with van der Waals surface area (Å²) in [7, 11) is 0. The third kappa shape index (κ3) is 6.31. The number of thioether (sulfide) groups is 1. The van der Waals surface area contributed by atoms with Crippen LogP contribution in [0.5, 0.6) is 0 Å². The van der Waals surface area contributed by atoms with Gasteiger partial charge in [0.1, 0.15) is 11.6 Å². The molecule has 2 saturated heterocycles. The standard InChI is InChI=1S/C22H34F2N4OS/c1-3-25-21(26-16-22(30-2)9-12-29-13-10-22)27-17-6-5-11-28(14-17)15-18-19(23)7-4-8-20(18)24/h4,7-8,17H,3,5-6,9-16H2,1-2H3,(H2,25,26,27). The molecule has 0 aliphatic carbocycles. The normalized spacial score (nSPS) is 22.7. The van der Waals surface area contributed by atoms with E-state index in [0.717, 1.165) is 71.0 Å². The molecule has 2 aliphatic heterocycles. The van der Waals surface area contributed by atoms with Gasteiger partial charge >= 0.3 is 0 Å². The zero-order chi connectivity index (χ0) is 21.4. The molecule has 0 spiro atoms. The van der Waals surface area contributed by atoms with Gasteiger partial charge < -0.3 is 15.4 Å². The van der Waals surface area contributed by atoms with Crippen LogP contribution < -0.4 is 10.6 Å². The molecule has 1 aromatic rings. The summed E-state index contributed by atoms with van der Waals surface area (Å²) < 4.78 is 33.7. The van der Waals surface area contributed by atoms with Crippen molar-refractivity contribution in [3.8, 4) is 0 Å². The van der Waals surface area contributed by atoms with Gasteiger partial charge in [0.05, 0.1) is 6.54 Å². The number of guanidine groups is 1. The Morgan fingerprint density at radius 2 is 2.03 bits per heavy atom. The summed E-state index contributed by atoms with van der Waals surface area (Å²) in [6, 6.07) is 4.26. The molecule has 2 heterocycles. The highest BCUT2D eigenvalue weighted by molar-refractivity contribution is 8.00. The van der Waals surface area contributed by atoms with Crippen LogP contribution in [0, 0.1) is 11.6 Å². The lowest BCUT2D eigenvalue weighted by molar-refractivity contribution is 0.0794. The number of hydrogen-bond acceptors (Lipinski definition) is 4. The Morgan fingerprint density at radius 1 is 1.30 bits per heavy atom. The Kier molecular flexibility index (Phi) is 8.77. The summed E-state index contributed by atoms with van der Waals surface area (Å²) in [4.78, 5) is 7.01. The number of hydrogen-bond donors (Lipinski definition) is 2. The molecule has 30 heavy (non-hydrogen) atoms. The van der Waals surface area contributed by atoms with E-state index in [-0.39, 0.29) is 16.4 Å². The molecule has 5 nitrogen and oxygen atoms in total. The molecular formula is C22H34F2N4OS. The largest absolute Gasteiger partial charge is 0.381 e. The number of aliphatic imine (C=N–C) groups is 1. The van der Waals surface area contributed by atoms with Crippen LogP contribution in [0.3, 0.4) is 0 Å². The Hall–Kier alpha value is -1.38. The van der Waals surface area contributed by atoms with Crippen molar-refractivity contribution in [3.63, 3.8) is 0 Å². The van der Waals surface area contributed by atoms with Crippen molar-refractivity contribution in [1.29, 1.82) is 0 Å². The zero-order valence-electron chi connectivity index (χ0n) is 18.1. The molecule has 1 unspecified atom stereocenters. The maximum atomic E-state index is 14.0. The third-order valence-electron chi connectivity index (χ3n) is 6.00. The molecule has 0 amide bonds. The van der Waals surface area contributed by atoms with E-state index in [0.29, 0.717) is 6.54 Å². The van der Waals surface area contributed by atoms with Crippen molar-refractivity contribution in [1.82, 2.24) is 15.5 Å². The highest BCUT2D eigenvalue weighted by atomic mass is 32.2. The molecule has 2 N–H and O–H groups in total. The second-order valence-electron chi connectivity index (χ2n) is 8.11. The topological polar surface area (TPSA) is 48.9 Å². The van der Waals surface area contributed by atoms with Crippen molar-refractivity contribution in [2.75, 3.05) is 45.6 Å². The van der Waals surface area contributed by atoms with Crippen molar-refractivity contribution >= 4 is 17.7 Å². The Labute approximate surface area is 183 Å². The smallest absolute Gasteiger partial charge is 0.191 e. The van der Waals surface area contributed by atoms with Gasteiger partial charge in [0.25, 0.3) is 0 Å². The molecule has 2 aliphatic rings. The summed E-state index contributed by atoms with van der Waals surface area (Å²) >= 11 is 1.88. The Balaban J connectivity index is 1.60. The molecule has 0 saturated carbocycles. The van der Waals surface area contributed by atoms with Crippen LogP contribution in [0.1, 0.15) is 38.2 Å². The summed E-state index contributed by atoms with van der Waals surface area (Å²) in [6.45, 7) is 7.07. The average molecular weight is 441 g/mol. The van der Waals surface area contributed by atoms with Crippen molar-refractivity contribution in [2.45, 2.75) is 49.9 Å². The fraction of sp³-hybridized carbons (Fsp3) is 0.682. The van der Waals surface area contributed by atoms with Crippen molar-refractivity contribution in [2.24, 2.45) is 4.99 Å². The van der Waals surface area contributed by atoms with Gasteiger partial charge in [0.15, 0.2) is 5.96 Å². The summed E-state index contributed by atoms with van der Waals surface area (Å²) in [5.41, 5.74) is 0.153. The van der Waals surface area contributed by atoms with Crippen LogP contribution in [0.25, 0.3) is 0 Å². The maximum absolute atomic E-state index is 14.0. The predicted molar refractivity (Wildman–Crippen MR) is 120 cm³/mol. The zero-order valence-corrected chi connectivity index (χ0v) is 18.9. The van der Waals surface area contributed by atoms with E-state index in [2.05, 4.69) is 28.7 Å². The highest BCUT2D eigenvalue weighted by Gasteiger charge is 2.32. The van der Waals surface area contributed by atoms with E-state index < -0.39 is 11.6 Å². The van der Waals surface area contributed by atoms with Crippen LogP contribution in [0.4, 0.5) is 8.78 Å². The number of benzene rings is 1. The van der Waals surface area contributed by atoms with Crippen LogP contribution in [0.2, 0.25) is 0 Å². The van der Waals surface area contributed by atoms with Crippen LogP contribution in [-0.4, -0.2) is 67.3 Å². The van der Waals surface area contributed by atoms with Crippen molar-refractivity contribution in [3.05, 3.63) is 35.4 Å². The quantitative estimate of drug-likeness (QED) is 0.503. The fourth-order valence-corrected chi connectivity index (χ4v) is 4.90. The molecule has 168 valence electrons. The van der Waals surface area contributed by atoms with Gasteiger partial charge in [-0.2, -0.15) is 11.8 Å². The lowest BCUT2D eigenvalue weighted by atomic mass is 9.99. The number of rotatable bonds is 7. The van der Waals surface area contributed by atoms with Gasteiger partial charge in [-0.3, -0.25) is 9.89 Å². The molecular weight excluding hydrogens is 406 g/mol. The van der Waals surface area contributed by atoms with Gasteiger partial charge in [0.2, 0.25) is 0 Å². The van der Waals surface area contributed by atoms with Gasteiger partial charge in [-0.1, -0.05) is 6.07 Å². The highest BCUT2D eigenvalue weighted by Crippen LogP contribution is 2.34. The minimum Gasteiger partial charge on any atom is -0.381 e. The average Bonchev–Trinajstić information content (AvgIpc) is 2.76. The van der Waals surface area contributed by atoms with Crippen molar-refractivity contribution < 1.29 is 13.5 Å². The van der Waals surface area contributed by atoms with Gasteiger partial charge in [-0.25, -0.2) is 8.78 Å². The maximum Gasteiger partial charge on any atom is 0.191 e. The number of nitrogens with zero attached hydrogens (tertiary/aromatic N) is 2. The van der Waals surface area contributed by atoms with Crippen LogP contribution in [-0.2, 0) is 11.3 Å². The number of halogens is 2. The molecule has 2 fully saturated rings. The Bertz CT molecular complexity index is 692. The lowest BCUT2D eigenvalue weighted by Gasteiger charge is -2.35. The monoisotopic (exact) mass is 440 g/mol.